The van der Waals surface area contributed by atoms with E-state index in [9.17, 15) is 19.2 Å². The van der Waals surface area contributed by atoms with Crippen molar-refractivity contribution in [3.8, 4) is 0 Å². The first-order valence-electron chi connectivity index (χ1n) is 13.1. The van der Waals surface area contributed by atoms with E-state index in [1.54, 1.807) is 12.3 Å². The van der Waals surface area contributed by atoms with Crippen molar-refractivity contribution in [1.82, 2.24) is 0 Å². The number of fused-ring (bicyclic) bond motifs is 1. The highest BCUT2D eigenvalue weighted by atomic mass is 16.7. The van der Waals surface area contributed by atoms with Crippen LogP contribution in [0.1, 0.15) is 65.5 Å². The Morgan fingerprint density at radius 1 is 1.08 bits per heavy atom. The number of Topliss-reactive ketones (excluding diaryl/α,β-unsaturated/α-hetero) is 1. The summed E-state index contributed by atoms with van der Waals surface area (Å²) in [5.41, 5.74) is -4.02. The van der Waals surface area contributed by atoms with Crippen LogP contribution in [0, 0.1) is 22.2 Å². The van der Waals surface area contributed by atoms with Gasteiger partial charge in [-0.05, 0) is 45.6 Å². The smallest absolute Gasteiger partial charge is 0.339 e. The van der Waals surface area contributed by atoms with Crippen LogP contribution in [-0.2, 0) is 42.9 Å². The Morgan fingerprint density at radius 3 is 2.53 bits per heavy atom. The summed E-state index contributed by atoms with van der Waals surface area (Å²) < 4.78 is 35.5. The van der Waals surface area contributed by atoms with Gasteiger partial charge in [-0.3, -0.25) is 14.4 Å². The average molecular weight is 527 g/mol. The maximum atomic E-state index is 14.8. The van der Waals surface area contributed by atoms with E-state index in [1.165, 1.54) is 13.2 Å². The van der Waals surface area contributed by atoms with Crippen LogP contribution in [0.2, 0.25) is 0 Å². The van der Waals surface area contributed by atoms with Gasteiger partial charge < -0.3 is 28.1 Å². The van der Waals surface area contributed by atoms with Gasteiger partial charge in [0.15, 0.2) is 11.9 Å². The first-order valence-corrected chi connectivity index (χ1v) is 13.1. The average Bonchev–Trinajstić information content (AvgIpc) is 3.31. The van der Waals surface area contributed by atoms with Crippen LogP contribution < -0.4 is 0 Å². The first kappa shape index (κ1) is 24.1. The van der Waals surface area contributed by atoms with Gasteiger partial charge in [0, 0.05) is 23.5 Å². The molecule has 202 valence electrons. The molecule has 4 saturated heterocycles. The molecule has 10 nitrogen and oxygen atoms in total. The third kappa shape index (κ3) is 2.43. The highest BCUT2D eigenvalue weighted by molar-refractivity contribution is 6.05. The highest BCUT2D eigenvalue weighted by Crippen LogP contribution is 2.79. The lowest BCUT2D eigenvalue weighted by atomic mass is 9.39. The minimum absolute atomic E-state index is 0.00922. The van der Waals surface area contributed by atoms with E-state index in [-0.39, 0.29) is 24.8 Å². The van der Waals surface area contributed by atoms with E-state index in [0.717, 1.165) is 0 Å². The third-order valence-electron chi connectivity index (χ3n) is 10.4. The Hall–Kier alpha value is -2.98. The standard InChI is InChI=1S/C28H30O10/c1-13(29)35-18-19-24(2,3)37-16-10-17(30)34-12-27(16,19)15-6-8-25(4)21(14-7-9-33-11-14)36-23(32)22-28(25,38-22)26(15,5)20(18)31/h7,9,11,15-16,21-22H,6,8,10,12H2,1-5H3/t15-,16+,21+,22+,25+,26+,27+,28-/m1/s1. The van der Waals surface area contributed by atoms with E-state index in [0.29, 0.717) is 24.0 Å². The fraction of sp³-hybridized carbons (Fsp3) is 0.643. The van der Waals surface area contributed by atoms with Gasteiger partial charge in [-0.25, -0.2) is 4.79 Å². The molecule has 2 aliphatic carbocycles. The summed E-state index contributed by atoms with van der Waals surface area (Å²) >= 11 is 0. The molecule has 1 aromatic heterocycles. The molecule has 5 heterocycles. The molecule has 1 aromatic rings. The minimum Gasteiger partial charge on any atom is -0.472 e. The lowest BCUT2D eigenvalue weighted by Crippen LogP contribution is -2.71. The fourth-order valence-electron chi connectivity index (χ4n) is 9.17. The van der Waals surface area contributed by atoms with Crippen molar-refractivity contribution >= 4 is 23.7 Å². The molecule has 1 saturated carbocycles. The van der Waals surface area contributed by atoms with Crippen LogP contribution in [0.3, 0.4) is 0 Å². The Labute approximate surface area is 218 Å². The number of carbonyl (C=O) groups is 4. The predicted octanol–water partition coefficient (Wildman–Crippen LogP) is 2.95. The number of furan rings is 1. The quantitative estimate of drug-likeness (QED) is 0.322. The van der Waals surface area contributed by atoms with Crippen molar-refractivity contribution in [2.24, 2.45) is 22.2 Å². The van der Waals surface area contributed by atoms with Gasteiger partial charge in [-0.2, -0.15) is 0 Å². The number of rotatable bonds is 2. The van der Waals surface area contributed by atoms with Gasteiger partial charge in [0.2, 0.25) is 5.78 Å². The number of ketones is 1. The minimum atomic E-state index is -1.31. The molecule has 0 amide bonds. The Kier molecular flexibility index (Phi) is 4.41. The Morgan fingerprint density at radius 2 is 1.84 bits per heavy atom. The molecule has 8 atom stereocenters. The van der Waals surface area contributed by atoms with E-state index < -0.39 is 69.4 Å². The third-order valence-corrected chi connectivity index (χ3v) is 10.4. The normalized spacial score (nSPS) is 46.1. The maximum absolute atomic E-state index is 14.8. The van der Waals surface area contributed by atoms with Crippen molar-refractivity contribution < 1.29 is 47.3 Å². The first-order chi connectivity index (χ1) is 17.8. The molecule has 38 heavy (non-hydrogen) atoms. The van der Waals surface area contributed by atoms with Crippen molar-refractivity contribution in [3.05, 3.63) is 35.5 Å². The molecule has 2 spiro atoms. The molecule has 4 aliphatic heterocycles. The summed E-state index contributed by atoms with van der Waals surface area (Å²) in [6.45, 7) is 8.68. The number of ether oxygens (including phenoxy) is 5. The molecular weight excluding hydrogens is 496 g/mol. The maximum Gasteiger partial charge on any atom is 0.339 e. The summed E-state index contributed by atoms with van der Waals surface area (Å²) in [4.78, 5) is 52.9. The molecule has 0 N–H and O–H groups in total. The van der Waals surface area contributed by atoms with Crippen LogP contribution in [-0.4, -0.2) is 53.7 Å². The molecule has 0 radical (unpaired) electrons. The molecule has 7 rings (SSSR count). The lowest BCUT2D eigenvalue weighted by molar-refractivity contribution is -0.213. The van der Waals surface area contributed by atoms with Gasteiger partial charge in [-0.1, -0.05) is 6.92 Å². The highest BCUT2D eigenvalue weighted by Gasteiger charge is 2.90. The molecule has 5 fully saturated rings. The number of carbonyl (C=O) groups excluding carboxylic acids is 4. The van der Waals surface area contributed by atoms with Crippen LogP contribution in [0.15, 0.2) is 34.3 Å². The van der Waals surface area contributed by atoms with E-state index >= 15 is 0 Å². The molecule has 0 aromatic carbocycles. The number of epoxide rings is 1. The zero-order valence-corrected chi connectivity index (χ0v) is 22.0. The zero-order chi connectivity index (χ0) is 27.0. The Bertz CT molecular complexity index is 1340. The SMILES string of the molecule is CC(=O)OC1=C2C(C)(C)O[C@H]3CC(=O)OC[C@@]23[C@@H]2CC[C@@]3(C)[C@H](c4ccoc4)OC(=O)[C@@H]4O[C@]43[C@]2(C)C1=O. The van der Waals surface area contributed by atoms with E-state index in [1.807, 2.05) is 27.7 Å². The second kappa shape index (κ2) is 6.96. The van der Waals surface area contributed by atoms with Crippen molar-refractivity contribution in [1.29, 1.82) is 0 Å². The van der Waals surface area contributed by atoms with Crippen LogP contribution in [0.4, 0.5) is 0 Å². The van der Waals surface area contributed by atoms with Gasteiger partial charge in [0.1, 0.15) is 18.3 Å². The molecular formula is C28H30O10. The fourth-order valence-corrected chi connectivity index (χ4v) is 9.17. The number of allylic oxidation sites excluding steroid dienone is 1. The summed E-state index contributed by atoms with van der Waals surface area (Å²) in [5, 5.41) is 0. The van der Waals surface area contributed by atoms with Gasteiger partial charge >= 0.3 is 17.9 Å². The number of cyclic esters (lactones) is 2. The van der Waals surface area contributed by atoms with Crippen molar-refractivity contribution in [2.75, 3.05) is 6.61 Å². The summed E-state index contributed by atoms with van der Waals surface area (Å²) in [7, 11) is 0. The summed E-state index contributed by atoms with van der Waals surface area (Å²) in [6.07, 6.45) is 1.94. The van der Waals surface area contributed by atoms with E-state index in [2.05, 4.69) is 0 Å². The van der Waals surface area contributed by atoms with Crippen LogP contribution in [0.25, 0.3) is 0 Å². The number of hydrogen-bond acceptors (Lipinski definition) is 10. The van der Waals surface area contributed by atoms with Crippen molar-refractivity contribution in [3.63, 3.8) is 0 Å². The number of esters is 3. The second-order valence-corrected chi connectivity index (χ2v) is 12.5. The zero-order valence-electron chi connectivity index (χ0n) is 22.0. The Balaban J connectivity index is 1.49. The molecule has 10 heteroatoms. The van der Waals surface area contributed by atoms with Crippen molar-refractivity contribution in [2.45, 2.75) is 83.4 Å². The van der Waals surface area contributed by atoms with Gasteiger partial charge in [0.05, 0.1) is 41.5 Å². The summed E-state index contributed by atoms with van der Waals surface area (Å²) in [5.74, 6) is -2.47. The molecule has 6 aliphatic rings. The monoisotopic (exact) mass is 526 g/mol. The topological polar surface area (TPSA) is 131 Å². The van der Waals surface area contributed by atoms with Crippen LogP contribution >= 0.6 is 0 Å². The summed E-state index contributed by atoms with van der Waals surface area (Å²) in [6, 6.07) is 1.75. The lowest BCUT2D eigenvalue weighted by Gasteiger charge is -2.63. The predicted molar refractivity (Wildman–Crippen MR) is 125 cm³/mol. The van der Waals surface area contributed by atoms with Gasteiger partial charge in [-0.15, -0.1) is 0 Å². The second-order valence-electron chi connectivity index (χ2n) is 12.5. The van der Waals surface area contributed by atoms with E-state index in [4.69, 9.17) is 28.1 Å². The van der Waals surface area contributed by atoms with Crippen LogP contribution in [0.5, 0.6) is 0 Å². The molecule has 0 bridgehead atoms. The van der Waals surface area contributed by atoms with Gasteiger partial charge in [0.25, 0.3) is 0 Å². The largest absolute Gasteiger partial charge is 0.472 e. The molecule has 0 unspecified atom stereocenters. The number of hydrogen-bond donors (Lipinski definition) is 0.